The minimum absolute atomic E-state index is 0. The van der Waals surface area contributed by atoms with Crippen LogP contribution in [0.2, 0.25) is 0 Å². The van der Waals surface area contributed by atoms with E-state index in [2.05, 4.69) is 25.9 Å². The Kier molecular flexibility index (Phi) is 4.63. The highest BCUT2D eigenvalue weighted by molar-refractivity contribution is 9.10. The number of hydrogen-bond donors (Lipinski definition) is 1. The number of halogens is 2. The van der Waals surface area contributed by atoms with E-state index >= 15 is 0 Å². The van der Waals surface area contributed by atoms with Crippen molar-refractivity contribution in [3.63, 3.8) is 0 Å². The molecular weight excluding hydrogens is 223 g/mol. The Hall–Kier alpha value is -0.100. The largest absolute Gasteiger partial charge is 0.358 e. The Bertz CT molecular complexity index is 193. The standard InChI is InChI=1S/C4H5BrN2O2.ClH/c5-4-1-3(2-8-6)9-7-4;/h1H,2,6H2;1H. The molecule has 6 heteroatoms. The first-order chi connectivity index (χ1) is 4.33. The van der Waals surface area contributed by atoms with Crippen molar-refractivity contribution in [3.8, 4) is 0 Å². The average Bonchev–Trinajstić information content (AvgIpc) is 2.17. The van der Waals surface area contributed by atoms with Crippen LogP contribution >= 0.6 is 28.3 Å². The molecule has 0 radical (unpaired) electrons. The molecule has 0 unspecified atom stereocenters. The van der Waals surface area contributed by atoms with Crippen LogP contribution in [0.1, 0.15) is 5.76 Å². The summed E-state index contributed by atoms with van der Waals surface area (Å²) in [5.41, 5.74) is 0. The molecule has 1 aromatic rings. The van der Waals surface area contributed by atoms with Crippen LogP contribution in [-0.2, 0) is 11.4 Å². The van der Waals surface area contributed by atoms with Crippen molar-refractivity contribution in [3.05, 3.63) is 16.4 Å². The van der Waals surface area contributed by atoms with Gasteiger partial charge in [-0.25, -0.2) is 5.90 Å². The molecule has 0 aromatic carbocycles. The van der Waals surface area contributed by atoms with Crippen molar-refractivity contribution >= 4 is 28.3 Å². The van der Waals surface area contributed by atoms with Crippen molar-refractivity contribution in [2.45, 2.75) is 6.61 Å². The molecular formula is C4H6BrClN2O2. The van der Waals surface area contributed by atoms with Crippen LogP contribution in [-0.4, -0.2) is 5.16 Å². The highest BCUT2D eigenvalue weighted by atomic mass is 79.9. The van der Waals surface area contributed by atoms with Gasteiger partial charge in [0.1, 0.15) is 11.2 Å². The smallest absolute Gasteiger partial charge is 0.165 e. The SMILES string of the molecule is Cl.NOCc1cc(Br)no1. The van der Waals surface area contributed by atoms with Crippen LogP contribution in [0.4, 0.5) is 0 Å². The van der Waals surface area contributed by atoms with Gasteiger partial charge >= 0.3 is 0 Å². The van der Waals surface area contributed by atoms with Crippen molar-refractivity contribution in [2.24, 2.45) is 5.90 Å². The summed E-state index contributed by atoms with van der Waals surface area (Å²) >= 11 is 3.10. The van der Waals surface area contributed by atoms with E-state index in [9.17, 15) is 0 Å². The van der Waals surface area contributed by atoms with Gasteiger partial charge in [-0.2, -0.15) is 0 Å². The van der Waals surface area contributed by atoms with E-state index in [0.717, 1.165) is 0 Å². The quantitative estimate of drug-likeness (QED) is 0.775. The fourth-order valence-corrected chi connectivity index (χ4v) is 0.766. The zero-order chi connectivity index (χ0) is 6.69. The van der Waals surface area contributed by atoms with Gasteiger partial charge in [0.15, 0.2) is 5.76 Å². The molecule has 0 atom stereocenters. The molecule has 0 saturated heterocycles. The second-order valence-electron chi connectivity index (χ2n) is 1.43. The minimum Gasteiger partial charge on any atom is -0.358 e. The van der Waals surface area contributed by atoms with E-state index in [1.807, 2.05) is 0 Å². The highest BCUT2D eigenvalue weighted by Gasteiger charge is 1.98. The van der Waals surface area contributed by atoms with Gasteiger partial charge in [-0.15, -0.1) is 12.4 Å². The molecule has 1 aromatic heterocycles. The molecule has 0 saturated carbocycles. The van der Waals surface area contributed by atoms with E-state index < -0.39 is 0 Å². The fourth-order valence-electron chi connectivity index (χ4n) is 0.438. The first kappa shape index (κ1) is 9.90. The van der Waals surface area contributed by atoms with Gasteiger partial charge in [-0.05, 0) is 15.9 Å². The Morgan fingerprint density at radius 3 is 2.90 bits per heavy atom. The lowest BCUT2D eigenvalue weighted by Gasteiger charge is -1.86. The van der Waals surface area contributed by atoms with Gasteiger partial charge in [0.05, 0.1) is 0 Å². The third-order valence-corrected chi connectivity index (χ3v) is 1.13. The molecule has 4 nitrogen and oxygen atoms in total. The monoisotopic (exact) mass is 228 g/mol. The van der Waals surface area contributed by atoms with E-state index in [-0.39, 0.29) is 19.0 Å². The van der Waals surface area contributed by atoms with Crippen LogP contribution in [0, 0.1) is 0 Å². The molecule has 10 heavy (non-hydrogen) atoms. The Balaban J connectivity index is 0.000000810. The normalized spacial score (nSPS) is 9.00. The van der Waals surface area contributed by atoms with Crippen LogP contribution in [0.3, 0.4) is 0 Å². The second-order valence-corrected chi connectivity index (χ2v) is 2.24. The van der Waals surface area contributed by atoms with Gasteiger partial charge in [-0.3, -0.25) is 4.84 Å². The molecule has 1 rings (SSSR count). The van der Waals surface area contributed by atoms with E-state index in [1.54, 1.807) is 6.07 Å². The molecule has 0 aliphatic carbocycles. The van der Waals surface area contributed by atoms with Crippen LogP contribution < -0.4 is 5.90 Å². The molecule has 0 bridgehead atoms. The third kappa shape index (κ3) is 2.66. The number of nitrogens with two attached hydrogens (primary N) is 1. The van der Waals surface area contributed by atoms with Crippen molar-refractivity contribution < 1.29 is 9.36 Å². The zero-order valence-electron chi connectivity index (χ0n) is 4.91. The predicted molar refractivity (Wildman–Crippen MR) is 40.4 cm³/mol. The van der Waals surface area contributed by atoms with Gasteiger partial charge in [0.2, 0.25) is 0 Å². The molecule has 58 valence electrons. The molecule has 0 aliphatic heterocycles. The second kappa shape index (κ2) is 4.68. The van der Waals surface area contributed by atoms with Gasteiger partial charge < -0.3 is 4.52 Å². The lowest BCUT2D eigenvalue weighted by molar-refractivity contribution is 0.103. The van der Waals surface area contributed by atoms with Gasteiger partial charge in [0.25, 0.3) is 0 Å². The van der Waals surface area contributed by atoms with Gasteiger partial charge in [0, 0.05) is 6.07 Å². The van der Waals surface area contributed by atoms with E-state index in [0.29, 0.717) is 10.4 Å². The molecule has 1 heterocycles. The number of aromatic nitrogens is 1. The number of hydrogen-bond acceptors (Lipinski definition) is 4. The first-order valence-corrected chi connectivity index (χ1v) is 3.05. The average molecular weight is 229 g/mol. The van der Waals surface area contributed by atoms with E-state index in [4.69, 9.17) is 10.4 Å². The summed E-state index contributed by atoms with van der Waals surface area (Å²) in [4.78, 5) is 4.29. The summed E-state index contributed by atoms with van der Waals surface area (Å²) in [6.07, 6.45) is 0. The molecule has 2 N–H and O–H groups in total. The molecule has 0 fully saturated rings. The maximum Gasteiger partial charge on any atom is 0.165 e. The maximum atomic E-state index is 4.77. The zero-order valence-corrected chi connectivity index (χ0v) is 7.31. The van der Waals surface area contributed by atoms with Crippen molar-refractivity contribution in [1.82, 2.24) is 5.16 Å². The topological polar surface area (TPSA) is 61.3 Å². The lowest BCUT2D eigenvalue weighted by Crippen LogP contribution is -1.96. The minimum atomic E-state index is 0. The summed E-state index contributed by atoms with van der Waals surface area (Å²) in [7, 11) is 0. The Labute approximate surface area is 72.2 Å². The first-order valence-electron chi connectivity index (χ1n) is 2.25. The summed E-state index contributed by atoms with van der Waals surface area (Å²) in [6, 6.07) is 1.69. The summed E-state index contributed by atoms with van der Waals surface area (Å²) in [5, 5.41) is 3.54. The Morgan fingerprint density at radius 1 is 1.80 bits per heavy atom. The summed E-state index contributed by atoms with van der Waals surface area (Å²) in [5.74, 6) is 5.37. The third-order valence-electron chi connectivity index (χ3n) is 0.756. The summed E-state index contributed by atoms with van der Waals surface area (Å²) < 4.78 is 5.35. The van der Waals surface area contributed by atoms with Crippen LogP contribution in [0.25, 0.3) is 0 Å². The van der Waals surface area contributed by atoms with Crippen molar-refractivity contribution in [2.75, 3.05) is 0 Å². The van der Waals surface area contributed by atoms with Crippen LogP contribution in [0.15, 0.2) is 15.2 Å². The molecule has 0 amide bonds. The predicted octanol–water partition coefficient (Wildman–Crippen LogP) is 1.25. The number of nitrogens with zero attached hydrogens (tertiary/aromatic N) is 1. The molecule has 0 spiro atoms. The Morgan fingerprint density at radius 2 is 2.50 bits per heavy atom. The fraction of sp³-hybridized carbons (Fsp3) is 0.250. The van der Waals surface area contributed by atoms with Crippen molar-refractivity contribution in [1.29, 1.82) is 0 Å². The molecule has 0 aliphatic rings. The van der Waals surface area contributed by atoms with E-state index in [1.165, 1.54) is 0 Å². The van der Waals surface area contributed by atoms with Gasteiger partial charge in [-0.1, -0.05) is 5.16 Å². The lowest BCUT2D eigenvalue weighted by atomic mass is 10.5. The maximum absolute atomic E-state index is 4.77. The summed E-state index contributed by atoms with van der Waals surface area (Å²) in [6.45, 7) is 0.249. The highest BCUT2D eigenvalue weighted by Crippen LogP contribution is 2.09. The van der Waals surface area contributed by atoms with Crippen LogP contribution in [0.5, 0.6) is 0 Å². The number of rotatable bonds is 2.